The van der Waals surface area contributed by atoms with Gasteiger partial charge in [-0.3, -0.25) is 15.4 Å². The molecule has 0 saturated carbocycles. The number of carbonyl (C=O) groups is 2. The summed E-state index contributed by atoms with van der Waals surface area (Å²) in [6.45, 7) is 0.00623. The van der Waals surface area contributed by atoms with Crippen molar-refractivity contribution in [3.63, 3.8) is 0 Å². The van der Waals surface area contributed by atoms with Gasteiger partial charge < -0.3 is 9.84 Å². The first-order valence-electron chi connectivity index (χ1n) is 8.96. The van der Waals surface area contributed by atoms with Gasteiger partial charge >= 0.3 is 17.7 Å². The van der Waals surface area contributed by atoms with Gasteiger partial charge in [0.15, 0.2) is 0 Å². The van der Waals surface area contributed by atoms with Crippen LogP contribution < -0.4 is 5.32 Å². The summed E-state index contributed by atoms with van der Waals surface area (Å²) in [7, 11) is 0. The van der Waals surface area contributed by atoms with Crippen LogP contribution in [0, 0.1) is 10.1 Å². The second-order valence-corrected chi connectivity index (χ2v) is 6.57. The number of hydrogen-bond acceptors (Lipinski definition) is 6. The molecule has 0 unspecified atom stereocenters. The van der Waals surface area contributed by atoms with Gasteiger partial charge in [-0.2, -0.15) is 0 Å². The van der Waals surface area contributed by atoms with E-state index >= 15 is 0 Å². The number of anilines is 1. The number of nitrogens with zero attached hydrogens (tertiary/aromatic N) is 2. The second kappa shape index (κ2) is 7.63. The molecule has 1 aliphatic carbocycles. The minimum atomic E-state index is -1.50. The lowest BCUT2D eigenvalue weighted by atomic mass is 9.98. The van der Waals surface area contributed by atoms with Gasteiger partial charge in [-0.1, -0.05) is 48.5 Å². The highest BCUT2D eigenvalue weighted by molar-refractivity contribution is 5.97. The zero-order valence-corrected chi connectivity index (χ0v) is 15.4. The normalized spacial score (nSPS) is 12.0. The monoisotopic (exact) mass is 405 g/mol. The number of carboxylic acid groups (broad SMARTS) is 1. The van der Waals surface area contributed by atoms with Crippen molar-refractivity contribution in [1.82, 2.24) is 4.98 Å². The first-order valence-corrected chi connectivity index (χ1v) is 8.96. The third kappa shape index (κ3) is 3.32. The SMILES string of the molecule is O=C(Nc1nccc(C(=O)O)c1[N+](=O)[O-])OCC1c2ccccc2-c2ccccc21. The number of aromatic carboxylic acids is 1. The number of nitro groups is 1. The van der Waals surface area contributed by atoms with Gasteiger partial charge in [0.25, 0.3) is 0 Å². The van der Waals surface area contributed by atoms with Crippen LogP contribution in [-0.4, -0.2) is 33.7 Å². The Morgan fingerprint density at radius 1 is 1.07 bits per heavy atom. The van der Waals surface area contributed by atoms with Gasteiger partial charge in [-0.25, -0.2) is 14.6 Å². The fourth-order valence-electron chi connectivity index (χ4n) is 3.63. The van der Waals surface area contributed by atoms with Crippen molar-refractivity contribution in [3.8, 4) is 11.1 Å². The Labute approximate surface area is 170 Å². The number of carbonyl (C=O) groups excluding carboxylic acids is 1. The smallest absolute Gasteiger partial charge is 0.413 e. The Morgan fingerprint density at radius 2 is 1.67 bits per heavy atom. The third-order valence-electron chi connectivity index (χ3n) is 4.90. The fraction of sp³-hybridized carbons (Fsp3) is 0.0952. The highest BCUT2D eigenvalue weighted by atomic mass is 16.6. The van der Waals surface area contributed by atoms with Crippen LogP contribution in [0.3, 0.4) is 0 Å². The minimum absolute atomic E-state index is 0.00623. The molecular formula is C21H15N3O6. The van der Waals surface area contributed by atoms with Gasteiger partial charge in [0.2, 0.25) is 5.82 Å². The van der Waals surface area contributed by atoms with Crippen molar-refractivity contribution in [2.24, 2.45) is 0 Å². The standard InChI is InChI=1S/C21H15N3O6/c25-20(26)16-9-10-22-19(18(16)24(28)29)23-21(27)30-11-17-14-7-3-1-5-12(14)13-6-2-4-8-15(13)17/h1-10,17H,11H2,(H,25,26)(H,22,23,27). The van der Waals surface area contributed by atoms with Crippen molar-refractivity contribution in [3.05, 3.63) is 87.6 Å². The number of fused-ring (bicyclic) bond motifs is 3. The van der Waals surface area contributed by atoms with Gasteiger partial charge in [-0.05, 0) is 28.3 Å². The van der Waals surface area contributed by atoms with E-state index < -0.39 is 34.1 Å². The largest absolute Gasteiger partial charge is 0.477 e. The maximum absolute atomic E-state index is 12.3. The summed E-state index contributed by atoms with van der Waals surface area (Å²) in [5.41, 5.74) is 2.77. The van der Waals surface area contributed by atoms with Crippen LogP contribution >= 0.6 is 0 Å². The van der Waals surface area contributed by atoms with E-state index in [1.807, 2.05) is 48.5 Å². The maximum atomic E-state index is 12.3. The van der Waals surface area contributed by atoms with Crippen LogP contribution in [0.2, 0.25) is 0 Å². The summed E-state index contributed by atoms with van der Waals surface area (Å²) in [5.74, 6) is -2.17. The number of rotatable bonds is 5. The minimum Gasteiger partial charge on any atom is -0.477 e. The molecule has 0 atom stereocenters. The predicted octanol–water partition coefficient (Wildman–Crippen LogP) is 4.05. The quantitative estimate of drug-likeness (QED) is 0.483. The molecule has 3 aromatic rings. The van der Waals surface area contributed by atoms with Crippen LogP contribution in [0.25, 0.3) is 11.1 Å². The van der Waals surface area contributed by atoms with Crippen LogP contribution in [0.15, 0.2) is 60.8 Å². The number of ether oxygens (including phenoxy) is 1. The number of carboxylic acids is 1. The topological polar surface area (TPSA) is 132 Å². The maximum Gasteiger partial charge on any atom is 0.413 e. The lowest BCUT2D eigenvalue weighted by Crippen LogP contribution is -2.20. The van der Waals surface area contributed by atoms with Crippen LogP contribution in [0.5, 0.6) is 0 Å². The molecule has 0 aliphatic heterocycles. The van der Waals surface area contributed by atoms with Gasteiger partial charge in [0, 0.05) is 12.1 Å². The van der Waals surface area contributed by atoms with Gasteiger partial charge in [-0.15, -0.1) is 0 Å². The molecule has 0 spiro atoms. The number of hydrogen-bond donors (Lipinski definition) is 2. The summed E-state index contributed by atoms with van der Waals surface area (Å²) in [6.07, 6.45) is 0.102. The number of aromatic nitrogens is 1. The summed E-state index contributed by atoms with van der Waals surface area (Å²) in [5, 5.41) is 22.6. The number of nitrogens with one attached hydrogen (secondary N) is 1. The van der Waals surface area contributed by atoms with E-state index in [0.29, 0.717) is 0 Å². The number of pyridine rings is 1. The second-order valence-electron chi connectivity index (χ2n) is 6.57. The van der Waals surface area contributed by atoms with E-state index in [-0.39, 0.29) is 12.5 Å². The fourth-order valence-corrected chi connectivity index (χ4v) is 3.63. The molecule has 9 heteroatoms. The Bertz CT molecular complexity index is 1130. The van der Waals surface area contributed by atoms with E-state index in [2.05, 4.69) is 10.3 Å². The van der Waals surface area contributed by atoms with Crippen molar-refractivity contribution in [2.75, 3.05) is 11.9 Å². The lowest BCUT2D eigenvalue weighted by molar-refractivity contribution is -0.384. The van der Waals surface area contributed by atoms with Crippen molar-refractivity contribution < 1.29 is 24.4 Å². The van der Waals surface area contributed by atoms with Crippen molar-refractivity contribution in [1.29, 1.82) is 0 Å². The van der Waals surface area contributed by atoms with E-state index in [0.717, 1.165) is 34.5 Å². The molecule has 9 nitrogen and oxygen atoms in total. The summed E-state index contributed by atoms with van der Waals surface area (Å²) < 4.78 is 5.32. The number of benzene rings is 2. The van der Waals surface area contributed by atoms with Crippen molar-refractivity contribution in [2.45, 2.75) is 5.92 Å². The average Bonchev–Trinajstić information content (AvgIpc) is 3.05. The highest BCUT2D eigenvalue weighted by Crippen LogP contribution is 2.44. The molecule has 150 valence electrons. The predicted molar refractivity (Wildman–Crippen MR) is 107 cm³/mol. The molecule has 4 rings (SSSR count). The van der Waals surface area contributed by atoms with E-state index in [1.165, 1.54) is 0 Å². The van der Waals surface area contributed by atoms with Crippen LogP contribution in [0.1, 0.15) is 27.4 Å². The zero-order chi connectivity index (χ0) is 21.3. The van der Waals surface area contributed by atoms with E-state index in [1.54, 1.807) is 0 Å². The molecule has 1 heterocycles. The first-order chi connectivity index (χ1) is 14.5. The molecule has 2 aromatic carbocycles. The molecule has 1 amide bonds. The molecule has 30 heavy (non-hydrogen) atoms. The number of amides is 1. The summed E-state index contributed by atoms with van der Waals surface area (Å²) >= 11 is 0. The molecule has 0 bridgehead atoms. The van der Waals surface area contributed by atoms with Gasteiger partial charge in [0.05, 0.1) is 4.92 Å². The highest BCUT2D eigenvalue weighted by Gasteiger charge is 2.30. The average molecular weight is 405 g/mol. The molecule has 1 aliphatic rings. The van der Waals surface area contributed by atoms with E-state index in [4.69, 9.17) is 9.84 Å². The summed E-state index contributed by atoms with van der Waals surface area (Å²) in [4.78, 5) is 37.6. The molecule has 0 radical (unpaired) electrons. The van der Waals surface area contributed by atoms with Crippen LogP contribution in [-0.2, 0) is 4.74 Å². The van der Waals surface area contributed by atoms with Gasteiger partial charge in [0.1, 0.15) is 12.2 Å². The Hall–Kier alpha value is -4.27. The first kappa shape index (κ1) is 19.1. The van der Waals surface area contributed by atoms with E-state index in [9.17, 15) is 19.7 Å². The Balaban J connectivity index is 1.54. The molecule has 0 fully saturated rings. The lowest BCUT2D eigenvalue weighted by Gasteiger charge is -2.14. The van der Waals surface area contributed by atoms with Crippen LogP contribution in [0.4, 0.5) is 16.3 Å². The molecular weight excluding hydrogens is 390 g/mol. The van der Waals surface area contributed by atoms with Crippen molar-refractivity contribution >= 4 is 23.6 Å². The Morgan fingerprint density at radius 3 is 2.23 bits per heavy atom. The summed E-state index contributed by atoms with van der Waals surface area (Å²) in [6, 6.07) is 16.6. The Kier molecular flexibility index (Phi) is 4.85. The zero-order valence-electron chi connectivity index (χ0n) is 15.4. The molecule has 1 aromatic heterocycles. The molecule has 2 N–H and O–H groups in total. The molecule has 0 saturated heterocycles. The third-order valence-corrected chi connectivity index (χ3v) is 4.90.